The molecule has 2 aliphatic carbocycles. The zero-order chi connectivity index (χ0) is 18.3. The Morgan fingerprint density at radius 2 is 1.96 bits per heavy atom. The first kappa shape index (κ1) is 16.0. The third-order valence-corrected chi connectivity index (χ3v) is 6.31. The lowest BCUT2D eigenvalue weighted by molar-refractivity contribution is -0.134. The number of hydrogen-bond acceptors (Lipinski definition) is 4. The number of hydrogen-bond donors (Lipinski definition) is 1. The summed E-state index contributed by atoms with van der Waals surface area (Å²) >= 11 is 0. The Bertz CT molecular complexity index is 821. The number of urea groups is 1. The molecule has 1 aromatic carbocycles. The summed E-state index contributed by atoms with van der Waals surface area (Å²) in [5.41, 5.74) is 1.74. The molecule has 3 amide bonds. The molecule has 4 aliphatic rings. The number of fused-ring (bicyclic) bond motifs is 2. The van der Waals surface area contributed by atoms with E-state index in [-0.39, 0.29) is 29.5 Å². The smallest absolute Gasteiger partial charge is 0.325 e. The van der Waals surface area contributed by atoms with Crippen molar-refractivity contribution in [1.82, 2.24) is 10.2 Å². The van der Waals surface area contributed by atoms with Crippen LogP contribution in [0.5, 0.6) is 11.5 Å². The Kier molecular flexibility index (Phi) is 3.03. The molecule has 26 heavy (non-hydrogen) atoms. The van der Waals surface area contributed by atoms with Crippen molar-refractivity contribution in [3.63, 3.8) is 0 Å². The molecule has 0 aromatic heterocycles. The lowest BCUT2D eigenvalue weighted by Crippen LogP contribution is -2.52. The molecule has 3 fully saturated rings. The van der Waals surface area contributed by atoms with Crippen LogP contribution in [-0.4, -0.2) is 41.1 Å². The van der Waals surface area contributed by atoms with E-state index in [1.165, 1.54) is 10.5 Å². The summed E-state index contributed by atoms with van der Waals surface area (Å²) < 4.78 is 12.2. The highest BCUT2D eigenvalue weighted by Crippen LogP contribution is 2.59. The number of amides is 3. The van der Waals surface area contributed by atoms with Crippen LogP contribution in [0, 0.1) is 6.92 Å². The van der Waals surface area contributed by atoms with Gasteiger partial charge in [0.2, 0.25) is 0 Å². The van der Waals surface area contributed by atoms with Crippen molar-refractivity contribution in [2.75, 3.05) is 6.61 Å². The van der Waals surface area contributed by atoms with Gasteiger partial charge in [-0.1, -0.05) is 6.07 Å². The van der Waals surface area contributed by atoms with Gasteiger partial charge < -0.3 is 14.8 Å². The summed E-state index contributed by atoms with van der Waals surface area (Å²) in [7, 11) is 0. The first-order chi connectivity index (χ1) is 12.3. The Labute approximate surface area is 152 Å². The van der Waals surface area contributed by atoms with Crippen LogP contribution in [0.25, 0.3) is 0 Å². The van der Waals surface area contributed by atoms with Gasteiger partial charge in [-0.15, -0.1) is 0 Å². The van der Waals surface area contributed by atoms with Gasteiger partial charge in [-0.05, 0) is 45.2 Å². The molecule has 138 valence electrons. The Morgan fingerprint density at radius 1 is 1.23 bits per heavy atom. The highest BCUT2D eigenvalue weighted by atomic mass is 16.5. The fourth-order valence-corrected chi connectivity index (χ4v) is 4.41. The second kappa shape index (κ2) is 4.93. The summed E-state index contributed by atoms with van der Waals surface area (Å²) in [6.45, 7) is 6.31. The van der Waals surface area contributed by atoms with Gasteiger partial charge in [0.05, 0.1) is 6.61 Å². The maximum Gasteiger partial charge on any atom is 0.325 e. The molecule has 0 unspecified atom stereocenters. The van der Waals surface area contributed by atoms with Gasteiger partial charge in [-0.25, -0.2) is 4.79 Å². The summed E-state index contributed by atoms with van der Waals surface area (Å²) in [6, 6.07) is 3.74. The van der Waals surface area contributed by atoms with Crippen LogP contribution in [0.1, 0.15) is 50.7 Å². The van der Waals surface area contributed by atoms with Crippen molar-refractivity contribution in [3.8, 4) is 11.5 Å². The third kappa shape index (κ3) is 2.10. The van der Waals surface area contributed by atoms with E-state index in [9.17, 15) is 9.59 Å². The zero-order valence-corrected chi connectivity index (χ0v) is 15.4. The Balaban J connectivity index is 1.30. The molecule has 1 saturated heterocycles. The van der Waals surface area contributed by atoms with Crippen molar-refractivity contribution in [2.24, 2.45) is 0 Å². The van der Waals surface area contributed by atoms with Gasteiger partial charge in [0.1, 0.15) is 23.1 Å². The molecule has 0 bridgehead atoms. The fraction of sp³-hybridized carbons (Fsp3) is 0.600. The molecule has 0 atom stereocenters. The molecule has 6 heteroatoms. The third-order valence-electron chi connectivity index (χ3n) is 6.31. The average Bonchev–Trinajstić information content (AvgIpc) is 3.15. The quantitative estimate of drug-likeness (QED) is 0.846. The second-order valence-electron chi connectivity index (χ2n) is 8.75. The van der Waals surface area contributed by atoms with Gasteiger partial charge in [-0.3, -0.25) is 9.69 Å². The minimum atomic E-state index is -0.809. The fourth-order valence-electron chi connectivity index (χ4n) is 4.41. The van der Waals surface area contributed by atoms with E-state index in [0.717, 1.165) is 36.5 Å². The van der Waals surface area contributed by atoms with Crippen molar-refractivity contribution >= 4 is 11.9 Å². The normalized spacial score (nSPS) is 29.9. The number of nitrogens with one attached hydrogen (secondary N) is 1. The van der Waals surface area contributed by atoms with Crippen molar-refractivity contribution in [1.29, 1.82) is 0 Å². The second-order valence-corrected chi connectivity index (χ2v) is 8.75. The summed E-state index contributed by atoms with van der Waals surface area (Å²) in [5.74, 6) is 1.76. The number of carbonyl (C=O) groups is 2. The number of aryl methyl sites for hydroxylation is 1. The van der Waals surface area contributed by atoms with Crippen molar-refractivity contribution in [2.45, 2.75) is 69.6 Å². The monoisotopic (exact) mass is 356 g/mol. The number of rotatable bonds is 3. The average molecular weight is 356 g/mol. The van der Waals surface area contributed by atoms with E-state index in [0.29, 0.717) is 12.8 Å². The van der Waals surface area contributed by atoms with E-state index < -0.39 is 5.54 Å². The highest BCUT2D eigenvalue weighted by Gasteiger charge is 2.54. The van der Waals surface area contributed by atoms with E-state index >= 15 is 0 Å². The minimum Gasteiger partial charge on any atom is -0.492 e. The number of nitrogens with zero attached hydrogens (tertiary/aromatic N) is 1. The SMILES string of the molecule is Cc1ccc(O[C@H]2C[C@@H](N3C(=O)NC(C)(C)C3=O)C2)c2c1OCC21CC1. The number of carbonyl (C=O) groups excluding carboxylic acids is 2. The van der Waals surface area contributed by atoms with Crippen LogP contribution < -0.4 is 14.8 Å². The maximum absolute atomic E-state index is 12.4. The van der Waals surface area contributed by atoms with Crippen LogP contribution in [0.15, 0.2) is 12.1 Å². The molecule has 2 aliphatic heterocycles. The predicted octanol–water partition coefficient (Wildman–Crippen LogP) is 2.66. The van der Waals surface area contributed by atoms with Gasteiger partial charge in [0.15, 0.2) is 0 Å². The predicted molar refractivity (Wildman–Crippen MR) is 94.5 cm³/mol. The summed E-state index contributed by atoms with van der Waals surface area (Å²) in [6.07, 6.45) is 3.72. The van der Waals surface area contributed by atoms with E-state index in [1.54, 1.807) is 13.8 Å². The number of imide groups is 1. The molecule has 1 aromatic rings. The number of ether oxygens (including phenoxy) is 2. The van der Waals surface area contributed by atoms with E-state index in [4.69, 9.17) is 9.47 Å². The Hall–Kier alpha value is -2.24. The van der Waals surface area contributed by atoms with Crippen LogP contribution in [0.4, 0.5) is 4.79 Å². The lowest BCUT2D eigenvalue weighted by Gasteiger charge is -2.39. The van der Waals surface area contributed by atoms with Crippen molar-refractivity contribution < 1.29 is 19.1 Å². The first-order valence-electron chi connectivity index (χ1n) is 9.40. The number of benzene rings is 1. The first-order valence-corrected chi connectivity index (χ1v) is 9.40. The Morgan fingerprint density at radius 3 is 2.58 bits per heavy atom. The standard InChI is InChI=1S/C20H24N2O4/c1-11-4-5-14(15-16(11)25-10-20(15)6-7-20)26-13-8-12(9-13)22-17(23)19(2,3)21-18(22)24/h4-5,12-13H,6-10H2,1-3H3,(H,21,24)/t12-,13+. The molecule has 1 N–H and O–H groups in total. The van der Waals surface area contributed by atoms with Crippen LogP contribution in [0.3, 0.4) is 0 Å². The van der Waals surface area contributed by atoms with Crippen LogP contribution in [-0.2, 0) is 10.2 Å². The molecule has 5 rings (SSSR count). The van der Waals surface area contributed by atoms with Gasteiger partial charge in [0.25, 0.3) is 5.91 Å². The molecule has 0 radical (unpaired) electrons. The maximum atomic E-state index is 12.4. The minimum absolute atomic E-state index is 0.0347. The summed E-state index contributed by atoms with van der Waals surface area (Å²) in [4.78, 5) is 25.9. The van der Waals surface area contributed by atoms with Crippen LogP contribution in [0.2, 0.25) is 0 Å². The molecule has 2 heterocycles. The van der Waals surface area contributed by atoms with E-state index in [2.05, 4.69) is 12.2 Å². The van der Waals surface area contributed by atoms with Gasteiger partial charge in [0, 0.05) is 29.9 Å². The summed E-state index contributed by atoms with van der Waals surface area (Å²) in [5, 5.41) is 2.75. The highest BCUT2D eigenvalue weighted by molar-refractivity contribution is 6.06. The molecule has 2 saturated carbocycles. The molecular formula is C20H24N2O4. The van der Waals surface area contributed by atoms with Gasteiger partial charge >= 0.3 is 6.03 Å². The van der Waals surface area contributed by atoms with Crippen LogP contribution >= 0.6 is 0 Å². The largest absolute Gasteiger partial charge is 0.492 e. The zero-order valence-electron chi connectivity index (χ0n) is 15.4. The molecule has 6 nitrogen and oxygen atoms in total. The van der Waals surface area contributed by atoms with Gasteiger partial charge in [-0.2, -0.15) is 0 Å². The molecular weight excluding hydrogens is 332 g/mol. The van der Waals surface area contributed by atoms with E-state index in [1.807, 2.05) is 12.1 Å². The topological polar surface area (TPSA) is 67.9 Å². The molecule has 1 spiro atoms. The lowest BCUT2D eigenvalue weighted by atomic mass is 9.87. The van der Waals surface area contributed by atoms with Crippen molar-refractivity contribution in [3.05, 3.63) is 23.3 Å².